The van der Waals surface area contributed by atoms with E-state index < -0.39 is 0 Å². The Balaban J connectivity index is 0.00000144. The predicted molar refractivity (Wildman–Crippen MR) is 69.1 cm³/mol. The molecular formula is C13H19ClFNO. The fourth-order valence-corrected chi connectivity index (χ4v) is 2.08. The molecule has 1 aliphatic carbocycles. The summed E-state index contributed by atoms with van der Waals surface area (Å²) in [6.07, 6.45) is 4.60. The van der Waals surface area contributed by atoms with Gasteiger partial charge < -0.3 is 10.5 Å². The number of halogens is 2. The van der Waals surface area contributed by atoms with Crippen LogP contribution in [0.3, 0.4) is 0 Å². The Morgan fingerprint density at radius 3 is 2.59 bits per heavy atom. The molecule has 1 aliphatic rings. The van der Waals surface area contributed by atoms with Crippen molar-refractivity contribution in [2.45, 2.75) is 44.8 Å². The molecule has 1 atom stereocenters. The first-order chi connectivity index (χ1) is 7.66. The van der Waals surface area contributed by atoms with E-state index in [1.807, 2.05) is 6.92 Å². The molecule has 1 aromatic rings. The van der Waals surface area contributed by atoms with E-state index in [0.29, 0.717) is 5.75 Å². The summed E-state index contributed by atoms with van der Waals surface area (Å²) in [6, 6.07) is 4.77. The third kappa shape index (κ3) is 3.58. The lowest BCUT2D eigenvalue weighted by atomic mass is 10.1. The minimum absolute atomic E-state index is 0. The van der Waals surface area contributed by atoms with Gasteiger partial charge in [-0.15, -0.1) is 12.4 Å². The van der Waals surface area contributed by atoms with Crippen molar-refractivity contribution < 1.29 is 9.13 Å². The first-order valence-electron chi connectivity index (χ1n) is 5.88. The van der Waals surface area contributed by atoms with Crippen molar-refractivity contribution in [3.63, 3.8) is 0 Å². The van der Waals surface area contributed by atoms with Crippen molar-refractivity contribution in [3.05, 3.63) is 29.6 Å². The topological polar surface area (TPSA) is 35.2 Å². The number of rotatable bonds is 3. The van der Waals surface area contributed by atoms with E-state index in [9.17, 15) is 4.39 Å². The molecule has 0 spiro atoms. The highest BCUT2D eigenvalue weighted by molar-refractivity contribution is 5.85. The van der Waals surface area contributed by atoms with Gasteiger partial charge in [0.15, 0.2) is 11.6 Å². The highest BCUT2D eigenvalue weighted by Gasteiger charge is 2.18. The van der Waals surface area contributed by atoms with E-state index in [1.54, 1.807) is 12.1 Å². The van der Waals surface area contributed by atoms with Crippen molar-refractivity contribution in [2.24, 2.45) is 5.73 Å². The summed E-state index contributed by atoms with van der Waals surface area (Å²) in [7, 11) is 0. The molecule has 2 N–H and O–H groups in total. The van der Waals surface area contributed by atoms with Crippen molar-refractivity contribution in [3.8, 4) is 5.75 Å². The number of ether oxygens (including phenoxy) is 1. The quantitative estimate of drug-likeness (QED) is 0.900. The van der Waals surface area contributed by atoms with Crippen LogP contribution < -0.4 is 10.5 Å². The molecular weight excluding hydrogens is 241 g/mol. The molecule has 2 nitrogen and oxygen atoms in total. The summed E-state index contributed by atoms with van der Waals surface area (Å²) >= 11 is 0. The Morgan fingerprint density at radius 1 is 1.35 bits per heavy atom. The molecule has 2 rings (SSSR count). The van der Waals surface area contributed by atoms with Crippen LogP contribution in [-0.2, 0) is 0 Å². The Hall–Kier alpha value is -0.800. The number of hydrogen-bond donors (Lipinski definition) is 1. The second kappa shape index (κ2) is 6.22. The fourth-order valence-electron chi connectivity index (χ4n) is 2.08. The predicted octanol–water partition coefficient (Wildman–Crippen LogP) is 3.59. The van der Waals surface area contributed by atoms with Gasteiger partial charge in [-0.2, -0.15) is 0 Å². The molecule has 0 bridgehead atoms. The summed E-state index contributed by atoms with van der Waals surface area (Å²) in [6.45, 7) is 1.88. The van der Waals surface area contributed by atoms with E-state index in [2.05, 4.69) is 0 Å². The van der Waals surface area contributed by atoms with Gasteiger partial charge in [-0.05, 0) is 50.3 Å². The van der Waals surface area contributed by atoms with Gasteiger partial charge in [0.25, 0.3) is 0 Å². The van der Waals surface area contributed by atoms with Crippen molar-refractivity contribution in [2.75, 3.05) is 0 Å². The van der Waals surface area contributed by atoms with Crippen LogP contribution in [0.2, 0.25) is 0 Å². The van der Waals surface area contributed by atoms with Gasteiger partial charge in [-0.25, -0.2) is 4.39 Å². The second-order valence-corrected chi connectivity index (χ2v) is 4.50. The minimum atomic E-state index is -0.295. The van der Waals surface area contributed by atoms with Crippen LogP contribution in [0, 0.1) is 5.82 Å². The van der Waals surface area contributed by atoms with Crippen LogP contribution in [-0.4, -0.2) is 6.10 Å². The summed E-state index contributed by atoms with van der Waals surface area (Å²) in [4.78, 5) is 0. The van der Waals surface area contributed by atoms with Gasteiger partial charge in [0.1, 0.15) is 0 Å². The van der Waals surface area contributed by atoms with E-state index in [-0.39, 0.29) is 30.4 Å². The van der Waals surface area contributed by atoms with Crippen LogP contribution in [0.25, 0.3) is 0 Å². The zero-order chi connectivity index (χ0) is 11.5. The van der Waals surface area contributed by atoms with Crippen LogP contribution in [0.15, 0.2) is 18.2 Å². The normalized spacial score (nSPS) is 17.6. The average molecular weight is 260 g/mol. The summed E-state index contributed by atoms with van der Waals surface area (Å²) in [5.41, 5.74) is 6.67. The molecule has 96 valence electrons. The first kappa shape index (κ1) is 14.3. The molecule has 0 heterocycles. The van der Waals surface area contributed by atoms with Crippen molar-refractivity contribution in [1.82, 2.24) is 0 Å². The third-order valence-electron chi connectivity index (χ3n) is 3.08. The smallest absolute Gasteiger partial charge is 0.165 e. The molecule has 0 radical (unpaired) electrons. The Morgan fingerprint density at radius 2 is 2.00 bits per heavy atom. The van der Waals surface area contributed by atoms with Gasteiger partial charge >= 0.3 is 0 Å². The molecule has 0 aliphatic heterocycles. The molecule has 1 aromatic carbocycles. The Bertz CT molecular complexity index is 364. The van der Waals surface area contributed by atoms with E-state index in [1.165, 1.54) is 18.9 Å². The fraction of sp³-hybridized carbons (Fsp3) is 0.538. The zero-order valence-electron chi connectivity index (χ0n) is 9.99. The summed E-state index contributed by atoms with van der Waals surface area (Å²) in [5.74, 6) is 0.0537. The van der Waals surface area contributed by atoms with Gasteiger partial charge in [0, 0.05) is 6.04 Å². The summed E-state index contributed by atoms with van der Waals surface area (Å²) < 4.78 is 19.2. The Kier molecular flexibility index (Phi) is 5.22. The molecule has 4 heteroatoms. The van der Waals surface area contributed by atoms with Crippen molar-refractivity contribution >= 4 is 12.4 Å². The maximum absolute atomic E-state index is 13.5. The maximum atomic E-state index is 13.5. The molecule has 0 aromatic heterocycles. The highest BCUT2D eigenvalue weighted by atomic mass is 35.5. The molecule has 0 saturated heterocycles. The molecule has 1 unspecified atom stereocenters. The second-order valence-electron chi connectivity index (χ2n) is 4.50. The monoisotopic (exact) mass is 259 g/mol. The van der Waals surface area contributed by atoms with E-state index >= 15 is 0 Å². The standard InChI is InChI=1S/C13H18FNO.ClH/c1-9(15)10-6-7-12(14)13(8-10)16-11-4-2-3-5-11;/h6-9,11H,2-5,15H2,1H3;1H. The maximum Gasteiger partial charge on any atom is 0.165 e. The Labute approximate surface area is 108 Å². The van der Waals surface area contributed by atoms with E-state index in [0.717, 1.165) is 18.4 Å². The summed E-state index contributed by atoms with van der Waals surface area (Å²) in [5, 5.41) is 0. The largest absolute Gasteiger partial charge is 0.487 e. The van der Waals surface area contributed by atoms with Crippen LogP contribution >= 0.6 is 12.4 Å². The van der Waals surface area contributed by atoms with Crippen LogP contribution in [0.4, 0.5) is 4.39 Å². The number of hydrogen-bond acceptors (Lipinski definition) is 2. The average Bonchev–Trinajstić information content (AvgIpc) is 2.73. The third-order valence-corrected chi connectivity index (χ3v) is 3.08. The molecule has 17 heavy (non-hydrogen) atoms. The number of nitrogens with two attached hydrogens (primary N) is 1. The van der Waals surface area contributed by atoms with Gasteiger partial charge in [-0.1, -0.05) is 6.07 Å². The zero-order valence-corrected chi connectivity index (χ0v) is 10.8. The number of benzene rings is 1. The molecule has 1 fully saturated rings. The SMILES string of the molecule is CC(N)c1ccc(F)c(OC2CCCC2)c1.Cl. The lowest BCUT2D eigenvalue weighted by molar-refractivity contribution is 0.200. The van der Waals surface area contributed by atoms with Crippen LogP contribution in [0.1, 0.15) is 44.2 Å². The molecule has 1 saturated carbocycles. The van der Waals surface area contributed by atoms with Gasteiger partial charge in [0.2, 0.25) is 0 Å². The van der Waals surface area contributed by atoms with Gasteiger partial charge in [0.05, 0.1) is 6.10 Å². The van der Waals surface area contributed by atoms with E-state index in [4.69, 9.17) is 10.5 Å². The highest BCUT2D eigenvalue weighted by Crippen LogP contribution is 2.27. The molecule has 0 amide bonds. The van der Waals surface area contributed by atoms with Crippen LogP contribution in [0.5, 0.6) is 5.75 Å². The first-order valence-corrected chi connectivity index (χ1v) is 5.88. The minimum Gasteiger partial charge on any atom is -0.487 e. The lowest BCUT2D eigenvalue weighted by Gasteiger charge is -2.15. The van der Waals surface area contributed by atoms with Gasteiger partial charge in [-0.3, -0.25) is 0 Å². The van der Waals surface area contributed by atoms with Crippen molar-refractivity contribution in [1.29, 1.82) is 0 Å². The lowest BCUT2D eigenvalue weighted by Crippen LogP contribution is -2.13.